The van der Waals surface area contributed by atoms with Crippen LogP contribution in [0.5, 0.6) is 11.5 Å². The molecule has 2 rings (SSSR count). The summed E-state index contributed by atoms with van der Waals surface area (Å²) in [4.78, 5) is 24.9. The SMILES string of the molecule is COc1ccc(N(C)C(=O)CCc2ccc(C(=O)O)cc2)c(OC)c1. The summed E-state index contributed by atoms with van der Waals surface area (Å²) in [7, 11) is 4.81. The Morgan fingerprint density at radius 2 is 1.72 bits per heavy atom. The molecule has 1 N–H and O–H groups in total. The molecule has 0 atom stereocenters. The van der Waals surface area contributed by atoms with E-state index in [4.69, 9.17) is 14.6 Å². The number of aromatic carboxylic acids is 1. The number of benzene rings is 2. The molecule has 0 aliphatic heterocycles. The number of carboxylic acids is 1. The van der Waals surface area contributed by atoms with Crippen LogP contribution in [0.3, 0.4) is 0 Å². The predicted octanol–water partition coefficient (Wildman–Crippen LogP) is 3.00. The number of rotatable bonds is 7. The van der Waals surface area contributed by atoms with Crippen LogP contribution in [-0.2, 0) is 11.2 Å². The van der Waals surface area contributed by atoms with Crippen molar-refractivity contribution < 1.29 is 24.2 Å². The van der Waals surface area contributed by atoms with Crippen LogP contribution >= 0.6 is 0 Å². The quantitative estimate of drug-likeness (QED) is 0.836. The summed E-state index contributed by atoms with van der Waals surface area (Å²) in [5.41, 5.74) is 1.80. The summed E-state index contributed by atoms with van der Waals surface area (Å²) in [5.74, 6) is 0.181. The third-order valence-corrected chi connectivity index (χ3v) is 3.95. The van der Waals surface area contributed by atoms with E-state index in [2.05, 4.69) is 0 Å². The fraction of sp³-hybridized carbons (Fsp3) is 0.263. The Morgan fingerprint density at radius 3 is 2.28 bits per heavy atom. The number of amides is 1. The molecule has 6 heteroatoms. The normalized spacial score (nSPS) is 10.2. The zero-order valence-electron chi connectivity index (χ0n) is 14.5. The summed E-state index contributed by atoms with van der Waals surface area (Å²) in [6, 6.07) is 11.8. The molecule has 0 aliphatic rings. The Labute approximate surface area is 146 Å². The zero-order chi connectivity index (χ0) is 18.4. The minimum Gasteiger partial charge on any atom is -0.497 e. The lowest BCUT2D eigenvalue weighted by molar-refractivity contribution is -0.118. The van der Waals surface area contributed by atoms with E-state index in [0.717, 1.165) is 5.56 Å². The number of methoxy groups -OCH3 is 2. The van der Waals surface area contributed by atoms with Crippen LogP contribution in [0.15, 0.2) is 42.5 Å². The number of carbonyl (C=O) groups excluding carboxylic acids is 1. The van der Waals surface area contributed by atoms with Gasteiger partial charge in [0.15, 0.2) is 0 Å². The molecule has 0 aromatic heterocycles. The van der Waals surface area contributed by atoms with Crippen LogP contribution in [0.1, 0.15) is 22.3 Å². The molecule has 2 aromatic carbocycles. The van der Waals surface area contributed by atoms with E-state index in [9.17, 15) is 9.59 Å². The number of nitrogens with zero attached hydrogens (tertiary/aromatic N) is 1. The first-order valence-electron chi connectivity index (χ1n) is 7.77. The van der Waals surface area contributed by atoms with Crippen molar-refractivity contribution >= 4 is 17.6 Å². The zero-order valence-corrected chi connectivity index (χ0v) is 14.5. The monoisotopic (exact) mass is 343 g/mol. The summed E-state index contributed by atoms with van der Waals surface area (Å²) in [6.07, 6.45) is 0.833. The van der Waals surface area contributed by atoms with Gasteiger partial charge in [0.25, 0.3) is 0 Å². The van der Waals surface area contributed by atoms with E-state index in [1.54, 1.807) is 68.6 Å². The minimum atomic E-state index is -0.964. The van der Waals surface area contributed by atoms with E-state index in [0.29, 0.717) is 30.0 Å². The van der Waals surface area contributed by atoms with Gasteiger partial charge in [-0.05, 0) is 36.2 Å². The van der Waals surface area contributed by atoms with Crippen molar-refractivity contribution in [2.45, 2.75) is 12.8 Å². The first kappa shape index (κ1) is 18.3. The number of carboxylic acid groups (broad SMARTS) is 1. The number of anilines is 1. The summed E-state index contributed by atoms with van der Waals surface area (Å²) in [6.45, 7) is 0. The van der Waals surface area contributed by atoms with Crippen molar-refractivity contribution in [2.75, 3.05) is 26.2 Å². The lowest BCUT2D eigenvalue weighted by atomic mass is 10.1. The Morgan fingerprint density at radius 1 is 1.04 bits per heavy atom. The first-order chi connectivity index (χ1) is 12.0. The summed E-state index contributed by atoms with van der Waals surface area (Å²) >= 11 is 0. The smallest absolute Gasteiger partial charge is 0.335 e. The highest BCUT2D eigenvalue weighted by Gasteiger charge is 2.16. The van der Waals surface area contributed by atoms with Gasteiger partial charge >= 0.3 is 5.97 Å². The number of aryl methyl sites for hydroxylation is 1. The van der Waals surface area contributed by atoms with Crippen molar-refractivity contribution in [3.05, 3.63) is 53.6 Å². The molecule has 132 valence electrons. The van der Waals surface area contributed by atoms with E-state index < -0.39 is 5.97 Å². The maximum atomic E-state index is 12.5. The van der Waals surface area contributed by atoms with E-state index in [1.807, 2.05) is 0 Å². The molecular formula is C19H21NO5. The number of hydrogen-bond acceptors (Lipinski definition) is 4. The Balaban J connectivity index is 2.04. The summed E-state index contributed by atoms with van der Waals surface area (Å²) < 4.78 is 10.5. The lowest BCUT2D eigenvalue weighted by Gasteiger charge is -2.20. The van der Waals surface area contributed by atoms with Crippen LogP contribution in [0, 0.1) is 0 Å². The van der Waals surface area contributed by atoms with E-state index in [-0.39, 0.29) is 11.5 Å². The van der Waals surface area contributed by atoms with Gasteiger partial charge in [-0.3, -0.25) is 4.79 Å². The van der Waals surface area contributed by atoms with Gasteiger partial charge in [0.2, 0.25) is 5.91 Å². The molecule has 0 heterocycles. The molecule has 0 radical (unpaired) electrons. The number of hydrogen-bond donors (Lipinski definition) is 1. The van der Waals surface area contributed by atoms with Gasteiger partial charge in [-0.1, -0.05) is 12.1 Å². The molecule has 0 fully saturated rings. The van der Waals surface area contributed by atoms with Crippen LogP contribution in [0.4, 0.5) is 5.69 Å². The van der Waals surface area contributed by atoms with E-state index >= 15 is 0 Å². The van der Waals surface area contributed by atoms with Gasteiger partial charge in [0.1, 0.15) is 11.5 Å². The van der Waals surface area contributed by atoms with Crippen molar-refractivity contribution in [1.82, 2.24) is 0 Å². The van der Waals surface area contributed by atoms with Gasteiger partial charge in [0, 0.05) is 19.5 Å². The van der Waals surface area contributed by atoms with E-state index in [1.165, 1.54) is 0 Å². The van der Waals surface area contributed by atoms with Gasteiger partial charge in [-0.15, -0.1) is 0 Å². The van der Waals surface area contributed by atoms with Crippen molar-refractivity contribution in [3.63, 3.8) is 0 Å². The van der Waals surface area contributed by atoms with Crippen LogP contribution in [-0.4, -0.2) is 38.3 Å². The van der Waals surface area contributed by atoms with Crippen molar-refractivity contribution in [2.24, 2.45) is 0 Å². The first-order valence-corrected chi connectivity index (χ1v) is 7.77. The molecule has 1 amide bonds. The Hall–Kier alpha value is -3.02. The molecule has 0 bridgehead atoms. The molecule has 0 aliphatic carbocycles. The van der Waals surface area contributed by atoms with Crippen LogP contribution in [0.2, 0.25) is 0 Å². The molecule has 0 spiro atoms. The highest BCUT2D eigenvalue weighted by Crippen LogP contribution is 2.31. The third kappa shape index (κ3) is 4.50. The molecular weight excluding hydrogens is 322 g/mol. The number of carbonyl (C=O) groups is 2. The molecule has 0 unspecified atom stereocenters. The van der Waals surface area contributed by atoms with Crippen LogP contribution in [0.25, 0.3) is 0 Å². The standard InChI is InChI=1S/C19H21NO5/c1-20(16-10-9-15(24-2)12-17(16)25-3)18(21)11-6-13-4-7-14(8-5-13)19(22)23/h4-5,7-10,12H,6,11H2,1-3H3,(H,22,23). The van der Waals surface area contributed by atoms with Gasteiger partial charge < -0.3 is 19.5 Å². The average molecular weight is 343 g/mol. The lowest BCUT2D eigenvalue weighted by Crippen LogP contribution is -2.26. The Bertz CT molecular complexity index is 755. The summed E-state index contributed by atoms with van der Waals surface area (Å²) in [5, 5.41) is 8.90. The Kier molecular flexibility index (Phi) is 6.00. The van der Waals surface area contributed by atoms with Crippen molar-refractivity contribution in [3.8, 4) is 11.5 Å². The second kappa shape index (κ2) is 8.19. The largest absolute Gasteiger partial charge is 0.497 e. The third-order valence-electron chi connectivity index (χ3n) is 3.95. The van der Waals surface area contributed by atoms with Gasteiger partial charge in [-0.2, -0.15) is 0 Å². The number of ether oxygens (including phenoxy) is 2. The average Bonchev–Trinajstić information content (AvgIpc) is 2.65. The predicted molar refractivity (Wildman–Crippen MR) is 94.7 cm³/mol. The topological polar surface area (TPSA) is 76.1 Å². The minimum absolute atomic E-state index is 0.0641. The van der Waals surface area contributed by atoms with Crippen molar-refractivity contribution in [1.29, 1.82) is 0 Å². The fourth-order valence-corrected chi connectivity index (χ4v) is 2.43. The molecule has 2 aromatic rings. The molecule has 0 saturated heterocycles. The highest BCUT2D eigenvalue weighted by atomic mass is 16.5. The maximum absolute atomic E-state index is 12.5. The maximum Gasteiger partial charge on any atom is 0.335 e. The fourth-order valence-electron chi connectivity index (χ4n) is 2.43. The van der Waals surface area contributed by atoms with Gasteiger partial charge in [0.05, 0.1) is 25.5 Å². The second-order valence-electron chi connectivity index (χ2n) is 5.49. The highest BCUT2D eigenvalue weighted by molar-refractivity contribution is 5.94. The second-order valence-corrected chi connectivity index (χ2v) is 5.49. The van der Waals surface area contributed by atoms with Crippen LogP contribution < -0.4 is 14.4 Å². The molecule has 0 saturated carbocycles. The van der Waals surface area contributed by atoms with Gasteiger partial charge in [-0.25, -0.2) is 4.79 Å². The molecule has 6 nitrogen and oxygen atoms in total. The molecule has 25 heavy (non-hydrogen) atoms.